The summed E-state index contributed by atoms with van der Waals surface area (Å²) >= 11 is 0. The highest BCUT2D eigenvalue weighted by atomic mass is 16.3. The number of amides is 1. The van der Waals surface area contributed by atoms with Gasteiger partial charge in [0.1, 0.15) is 0 Å². The first-order valence-electron chi connectivity index (χ1n) is 7.86. The molecule has 0 aromatic carbocycles. The van der Waals surface area contributed by atoms with Crippen molar-refractivity contribution in [2.24, 2.45) is 5.92 Å². The molecule has 2 N–H and O–H groups in total. The zero-order valence-electron chi connectivity index (χ0n) is 13.3. The number of carbonyl (C=O) groups excluding carboxylic acids is 1. The number of nitrogens with zero attached hydrogens (tertiary/aromatic N) is 2. The molecule has 0 saturated carbocycles. The SMILES string of the molecule is CC(C)CCC(C)NC(=O)CN1CCN(CCO)CC1. The smallest absolute Gasteiger partial charge is 0.234 e. The lowest BCUT2D eigenvalue weighted by molar-refractivity contribution is -0.123. The second-order valence-electron chi connectivity index (χ2n) is 6.28. The Hall–Kier alpha value is -0.650. The van der Waals surface area contributed by atoms with E-state index in [9.17, 15) is 4.79 Å². The van der Waals surface area contributed by atoms with Crippen LogP contribution in [0.2, 0.25) is 0 Å². The van der Waals surface area contributed by atoms with Gasteiger partial charge in [0.2, 0.25) is 5.91 Å². The molecule has 118 valence electrons. The second kappa shape index (κ2) is 9.32. The number of aliphatic hydroxyl groups is 1. The molecule has 5 nitrogen and oxygen atoms in total. The average Bonchev–Trinajstić information content (AvgIpc) is 2.39. The molecule has 1 atom stereocenters. The van der Waals surface area contributed by atoms with Gasteiger partial charge in [-0.3, -0.25) is 14.6 Å². The number of β-amino-alcohol motifs (C(OH)–C–C–N with tert-alkyl or cyclic N) is 1. The van der Waals surface area contributed by atoms with E-state index in [1.54, 1.807) is 0 Å². The van der Waals surface area contributed by atoms with Crippen molar-refractivity contribution >= 4 is 5.91 Å². The normalized spacial score (nSPS) is 19.2. The summed E-state index contributed by atoms with van der Waals surface area (Å²) in [6.45, 7) is 11.7. The van der Waals surface area contributed by atoms with Crippen molar-refractivity contribution in [1.29, 1.82) is 0 Å². The third-order valence-electron chi connectivity index (χ3n) is 3.83. The van der Waals surface area contributed by atoms with Gasteiger partial charge < -0.3 is 10.4 Å². The van der Waals surface area contributed by atoms with Crippen molar-refractivity contribution in [3.8, 4) is 0 Å². The van der Waals surface area contributed by atoms with Crippen molar-refractivity contribution in [2.75, 3.05) is 45.9 Å². The van der Waals surface area contributed by atoms with E-state index in [0.29, 0.717) is 12.5 Å². The molecule has 0 radical (unpaired) electrons. The Balaban J connectivity index is 2.16. The predicted octanol–water partition coefficient (Wildman–Crippen LogP) is 0.537. The Labute approximate surface area is 123 Å². The number of nitrogens with one attached hydrogen (secondary N) is 1. The number of piperazine rings is 1. The molecule has 1 rings (SSSR count). The fourth-order valence-electron chi connectivity index (χ4n) is 2.49. The maximum atomic E-state index is 12.0. The van der Waals surface area contributed by atoms with Crippen molar-refractivity contribution in [3.63, 3.8) is 0 Å². The van der Waals surface area contributed by atoms with Crippen LogP contribution in [0.25, 0.3) is 0 Å². The van der Waals surface area contributed by atoms with Crippen LogP contribution in [-0.4, -0.2) is 72.7 Å². The summed E-state index contributed by atoms with van der Waals surface area (Å²) < 4.78 is 0. The topological polar surface area (TPSA) is 55.8 Å². The largest absolute Gasteiger partial charge is 0.395 e. The lowest BCUT2D eigenvalue weighted by atomic mass is 10.0. The fourth-order valence-corrected chi connectivity index (χ4v) is 2.49. The molecule has 0 spiro atoms. The number of hydrogen-bond donors (Lipinski definition) is 2. The minimum absolute atomic E-state index is 0.136. The molecule has 5 heteroatoms. The number of aliphatic hydroxyl groups excluding tert-OH is 1. The van der Waals surface area contributed by atoms with Crippen LogP contribution in [0.1, 0.15) is 33.6 Å². The molecule has 0 bridgehead atoms. The summed E-state index contributed by atoms with van der Waals surface area (Å²) in [6.07, 6.45) is 2.20. The van der Waals surface area contributed by atoms with Gasteiger partial charge in [-0.2, -0.15) is 0 Å². The molecule has 1 amide bonds. The molecule has 0 aromatic rings. The molecular weight excluding hydrogens is 254 g/mol. The van der Waals surface area contributed by atoms with Gasteiger partial charge in [0.15, 0.2) is 0 Å². The molecule has 0 aromatic heterocycles. The van der Waals surface area contributed by atoms with Crippen LogP contribution in [0.4, 0.5) is 0 Å². The Morgan fingerprint density at radius 3 is 2.25 bits per heavy atom. The minimum atomic E-state index is 0.136. The first-order chi connectivity index (χ1) is 9.51. The molecule has 1 fully saturated rings. The van der Waals surface area contributed by atoms with Crippen molar-refractivity contribution in [1.82, 2.24) is 15.1 Å². The van der Waals surface area contributed by atoms with Gasteiger partial charge in [0, 0.05) is 38.8 Å². The summed E-state index contributed by atoms with van der Waals surface area (Å²) in [5.41, 5.74) is 0. The predicted molar refractivity (Wildman–Crippen MR) is 81.6 cm³/mol. The second-order valence-corrected chi connectivity index (χ2v) is 6.28. The maximum absolute atomic E-state index is 12.0. The van der Waals surface area contributed by atoms with Crippen LogP contribution in [0, 0.1) is 5.92 Å². The fraction of sp³-hybridized carbons (Fsp3) is 0.933. The number of rotatable bonds is 8. The van der Waals surface area contributed by atoms with Crippen LogP contribution < -0.4 is 5.32 Å². The third kappa shape index (κ3) is 7.22. The van der Waals surface area contributed by atoms with Gasteiger partial charge >= 0.3 is 0 Å². The average molecular weight is 285 g/mol. The van der Waals surface area contributed by atoms with Crippen LogP contribution >= 0.6 is 0 Å². The quantitative estimate of drug-likeness (QED) is 0.683. The molecule has 20 heavy (non-hydrogen) atoms. The molecular formula is C15H31N3O2. The highest BCUT2D eigenvalue weighted by Gasteiger charge is 2.19. The Kier molecular flexibility index (Phi) is 8.11. The highest BCUT2D eigenvalue weighted by Crippen LogP contribution is 2.06. The monoisotopic (exact) mass is 285 g/mol. The van der Waals surface area contributed by atoms with Crippen LogP contribution in [0.15, 0.2) is 0 Å². The van der Waals surface area contributed by atoms with Gasteiger partial charge in [-0.05, 0) is 25.7 Å². The zero-order chi connectivity index (χ0) is 15.0. The maximum Gasteiger partial charge on any atom is 0.234 e. The van der Waals surface area contributed by atoms with Crippen LogP contribution in [0.3, 0.4) is 0 Å². The van der Waals surface area contributed by atoms with Gasteiger partial charge in [0.05, 0.1) is 13.2 Å². The van der Waals surface area contributed by atoms with Crippen LogP contribution in [0.5, 0.6) is 0 Å². The van der Waals surface area contributed by atoms with Crippen molar-refractivity contribution in [3.05, 3.63) is 0 Å². The lowest BCUT2D eigenvalue weighted by Gasteiger charge is -2.34. The van der Waals surface area contributed by atoms with E-state index in [2.05, 4.69) is 35.9 Å². The van der Waals surface area contributed by atoms with Crippen LogP contribution in [-0.2, 0) is 4.79 Å². The summed E-state index contributed by atoms with van der Waals surface area (Å²) in [5.74, 6) is 0.825. The number of carbonyl (C=O) groups is 1. The zero-order valence-corrected chi connectivity index (χ0v) is 13.3. The summed E-state index contributed by atoms with van der Waals surface area (Å²) in [5, 5.41) is 12.0. The molecule has 1 aliphatic heterocycles. The van der Waals surface area contributed by atoms with Gasteiger partial charge in [0.25, 0.3) is 0 Å². The highest BCUT2D eigenvalue weighted by molar-refractivity contribution is 5.78. The van der Waals surface area contributed by atoms with Crippen molar-refractivity contribution in [2.45, 2.75) is 39.7 Å². The Morgan fingerprint density at radius 1 is 1.10 bits per heavy atom. The molecule has 0 aliphatic carbocycles. The molecule has 1 saturated heterocycles. The molecule has 1 heterocycles. The van der Waals surface area contributed by atoms with E-state index in [0.717, 1.165) is 45.6 Å². The van der Waals surface area contributed by atoms with E-state index < -0.39 is 0 Å². The first kappa shape index (κ1) is 17.4. The van der Waals surface area contributed by atoms with E-state index in [4.69, 9.17) is 5.11 Å². The van der Waals surface area contributed by atoms with Gasteiger partial charge in [-0.15, -0.1) is 0 Å². The molecule has 1 unspecified atom stereocenters. The van der Waals surface area contributed by atoms with E-state index in [1.807, 2.05) is 0 Å². The van der Waals surface area contributed by atoms with E-state index >= 15 is 0 Å². The van der Waals surface area contributed by atoms with E-state index in [1.165, 1.54) is 0 Å². The standard InChI is InChI=1S/C15H31N3O2/c1-13(2)4-5-14(3)16-15(20)12-18-8-6-17(7-9-18)10-11-19/h13-14,19H,4-12H2,1-3H3,(H,16,20). The molecule has 1 aliphatic rings. The lowest BCUT2D eigenvalue weighted by Crippen LogP contribution is -2.50. The number of hydrogen-bond acceptors (Lipinski definition) is 4. The van der Waals surface area contributed by atoms with E-state index in [-0.39, 0.29) is 18.6 Å². The summed E-state index contributed by atoms with van der Waals surface area (Å²) in [6, 6.07) is 0.264. The van der Waals surface area contributed by atoms with Gasteiger partial charge in [-0.25, -0.2) is 0 Å². The first-order valence-corrected chi connectivity index (χ1v) is 7.86. The Morgan fingerprint density at radius 2 is 1.70 bits per heavy atom. The Bertz CT molecular complexity index is 276. The van der Waals surface area contributed by atoms with Crippen molar-refractivity contribution < 1.29 is 9.90 Å². The minimum Gasteiger partial charge on any atom is -0.395 e. The van der Waals surface area contributed by atoms with Gasteiger partial charge in [-0.1, -0.05) is 13.8 Å². The third-order valence-corrected chi connectivity index (χ3v) is 3.83. The summed E-state index contributed by atoms with van der Waals surface area (Å²) in [4.78, 5) is 16.4. The summed E-state index contributed by atoms with van der Waals surface area (Å²) in [7, 11) is 0.